The van der Waals surface area contributed by atoms with E-state index in [-0.39, 0.29) is 17.6 Å². The van der Waals surface area contributed by atoms with Crippen molar-refractivity contribution in [1.29, 1.82) is 0 Å². The molecule has 36 heavy (non-hydrogen) atoms. The van der Waals surface area contributed by atoms with Crippen molar-refractivity contribution in [3.63, 3.8) is 0 Å². The number of aromatic nitrogens is 1. The summed E-state index contributed by atoms with van der Waals surface area (Å²) in [5.41, 5.74) is 8.62. The highest BCUT2D eigenvalue weighted by Crippen LogP contribution is 2.32. The number of benzene rings is 1. The summed E-state index contributed by atoms with van der Waals surface area (Å²) in [5.74, 6) is 0.935. The van der Waals surface area contributed by atoms with Gasteiger partial charge < -0.3 is 35.6 Å². The molecule has 0 radical (unpaired) electrons. The topological polar surface area (TPSA) is 122 Å². The monoisotopic (exact) mass is 510 g/mol. The van der Waals surface area contributed by atoms with E-state index in [9.17, 15) is 9.59 Å². The van der Waals surface area contributed by atoms with E-state index in [0.29, 0.717) is 54.9 Å². The Hall–Kier alpha value is -3.83. The number of amides is 3. The van der Waals surface area contributed by atoms with Gasteiger partial charge in [-0.1, -0.05) is 6.07 Å². The van der Waals surface area contributed by atoms with Crippen molar-refractivity contribution in [2.45, 2.75) is 13.0 Å². The molecule has 0 spiro atoms. The molecule has 1 aromatic carbocycles. The zero-order valence-corrected chi connectivity index (χ0v) is 21.1. The molecule has 0 saturated heterocycles. The van der Waals surface area contributed by atoms with Gasteiger partial charge in [-0.15, -0.1) is 11.3 Å². The van der Waals surface area contributed by atoms with Crippen LogP contribution in [0.5, 0.6) is 11.5 Å². The molecule has 0 fully saturated rings. The van der Waals surface area contributed by atoms with Crippen molar-refractivity contribution in [3.8, 4) is 11.5 Å². The number of urea groups is 1. The van der Waals surface area contributed by atoms with E-state index in [4.69, 9.17) is 15.2 Å². The van der Waals surface area contributed by atoms with Crippen molar-refractivity contribution < 1.29 is 19.1 Å². The molecule has 4 N–H and O–H groups in total. The molecule has 0 saturated carbocycles. The molecular weight excluding hydrogens is 480 g/mol. The number of fused-ring (bicyclic) bond motifs is 1. The van der Waals surface area contributed by atoms with Crippen molar-refractivity contribution in [2.75, 3.05) is 56.8 Å². The summed E-state index contributed by atoms with van der Waals surface area (Å²) in [6.45, 7) is 2.72. The largest absolute Gasteiger partial charge is 0.486 e. The van der Waals surface area contributed by atoms with E-state index in [0.717, 1.165) is 18.5 Å². The van der Waals surface area contributed by atoms with Gasteiger partial charge >= 0.3 is 6.03 Å². The van der Waals surface area contributed by atoms with Crippen LogP contribution in [0.15, 0.2) is 47.3 Å². The van der Waals surface area contributed by atoms with Gasteiger partial charge in [-0.05, 0) is 50.8 Å². The molecule has 0 bridgehead atoms. The number of nitrogens with two attached hydrogens (primary N) is 1. The smallest absolute Gasteiger partial charge is 0.322 e. The van der Waals surface area contributed by atoms with Gasteiger partial charge in [0.25, 0.3) is 5.91 Å². The maximum absolute atomic E-state index is 13.2. The van der Waals surface area contributed by atoms with Crippen LogP contribution in [0.3, 0.4) is 0 Å². The Bertz CT molecular complexity index is 1200. The summed E-state index contributed by atoms with van der Waals surface area (Å²) in [5, 5.41) is 9.24. The van der Waals surface area contributed by atoms with Crippen molar-refractivity contribution >= 4 is 40.3 Å². The first-order valence-electron chi connectivity index (χ1n) is 11.6. The van der Waals surface area contributed by atoms with Crippen LogP contribution in [-0.2, 0) is 6.54 Å². The van der Waals surface area contributed by atoms with Gasteiger partial charge in [-0.25, -0.2) is 4.79 Å². The van der Waals surface area contributed by atoms with Crippen molar-refractivity contribution in [2.24, 2.45) is 0 Å². The van der Waals surface area contributed by atoms with Crippen LogP contribution >= 0.6 is 11.3 Å². The number of nitrogen functional groups attached to an aromatic ring is 1. The first kappa shape index (κ1) is 25.3. The highest BCUT2D eigenvalue weighted by molar-refractivity contribution is 7.09. The number of anilines is 3. The summed E-state index contributed by atoms with van der Waals surface area (Å²) in [6, 6.07) is 8.55. The van der Waals surface area contributed by atoms with Crippen molar-refractivity contribution in [3.05, 3.63) is 58.5 Å². The third-order valence-corrected chi connectivity index (χ3v) is 6.25. The van der Waals surface area contributed by atoms with E-state index >= 15 is 0 Å². The zero-order chi connectivity index (χ0) is 25.5. The number of hydrogen-bond acceptors (Lipinski definition) is 8. The van der Waals surface area contributed by atoms with E-state index in [2.05, 4.69) is 20.5 Å². The number of thiophene rings is 1. The average Bonchev–Trinajstić information content (AvgIpc) is 3.27. The van der Waals surface area contributed by atoms with Gasteiger partial charge in [-0.3, -0.25) is 9.78 Å². The highest BCUT2D eigenvalue weighted by atomic mass is 32.1. The molecule has 11 heteroatoms. The fourth-order valence-electron chi connectivity index (χ4n) is 3.62. The molecule has 3 heterocycles. The molecule has 190 valence electrons. The van der Waals surface area contributed by atoms with E-state index < -0.39 is 0 Å². The van der Waals surface area contributed by atoms with E-state index in [1.807, 2.05) is 14.1 Å². The minimum atomic E-state index is -0.342. The number of nitrogens with zero attached hydrogens (tertiary/aromatic N) is 3. The van der Waals surface area contributed by atoms with Gasteiger partial charge in [0, 0.05) is 41.8 Å². The number of ether oxygens (including phenoxy) is 2. The lowest BCUT2D eigenvalue weighted by Crippen LogP contribution is -2.36. The number of rotatable bonds is 9. The van der Waals surface area contributed by atoms with Crippen LogP contribution in [0.1, 0.15) is 22.5 Å². The molecular formula is C25H30N6O4S. The SMILES string of the molecule is CN(C)CCCN(Cc1ccc(C(=O)Nc2cscc2N)nc1)C(=O)Nc1ccc2c(c1)OCCO2. The average molecular weight is 511 g/mol. The molecule has 3 amide bonds. The molecule has 1 aliphatic rings. The Morgan fingerprint density at radius 1 is 1.06 bits per heavy atom. The number of carbonyl (C=O) groups is 2. The Morgan fingerprint density at radius 2 is 1.86 bits per heavy atom. The molecule has 2 aromatic heterocycles. The minimum absolute atomic E-state index is 0.236. The van der Waals surface area contributed by atoms with Crippen LogP contribution in [-0.4, -0.2) is 67.1 Å². The Kier molecular flexibility index (Phi) is 8.24. The van der Waals surface area contributed by atoms with Crippen LogP contribution in [0.2, 0.25) is 0 Å². The molecule has 0 aliphatic carbocycles. The van der Waals surface area contributed by atoms with Gasteiger partial charge in [0.2, 0.25) is 0 Å². The minimum Gasteiger partial charge on any atom is -0.486 e. The predicted octanol–water partition coefficient (Wildman–Crippen LogP) is 3.73. The predicted molar refractivity (Wildman–Crippen MR) is 141 cm³/mol. The van der Waals surface area contributed by atoms with Gasteiger partial charge in [-0.2, -0.15) is 0 Å². The summed E-state index contributed by atoms with van der Waals surface area (Å²) in [4.78, 5) is 33.8. The lowest BCUT2D eigenvalue weighted by Gasteiger charge is -2.25. The lowest BCUT2D eigenvalue weighted by atomic mass is 10.2. The van der Waals surface area contributed by atoms with Crippen LogP contribution in [0.25, 0.3) is 0 Å². The van der Waals surface area contributed by atoms with E-state index in [1.165, 1.54) is 11.3 Å². The van der Waals surface area contributed by atoms with Crippen LogP contribution in [0, 0.1) is 0 Å². The number of hydrogen-bond donors (Lipinski definition) is 3. The first-order chi connectivity index (χ1) is 17.4. The highest BCUT2D eigenvalue weighted by Gasteiger charge is 2.18. The molecule has 0 unspecified atom stereocenters. The first-order valence-corrected chi connectivity index (χ1v) is 12.5. The fraction of sp³-hybridized carbons (Fsp3) is 0.320. The Morgan fingerprint density at radius 3 is 2.56 bits per heavy atom. The Balaban J connectivity index is 1.42. The summed E-state index contributed by atoms with van der Waals surface area (Å²) in [6.07, 6.45) is 2.42. The second kappa shape index (κ2) is 11.7. The van der Waals surface area contributed by atoms with Crippen LogP contribution < -0.4 is 25.8 Å². The van der Waals surface area contributed by atoms with E-state index in [1.54, 1.807) is 52.2 Å². The standard InChI is InChI=1S/C25H30N6O4S/c1-30(2)8-3-9-31(25(33)28-18-5-7-22-23(12-18)35-11-10-34-22)14-17-4-6-20(27-13-17)24(32)29-21-16-36-15-19(21)26/h4-7,12-13,15-16H,3,8-11,14,26H2,1-2H3,(H,28,33)(H,29,32). The third kappa shape index (κ3) is 6.64. The normalized spacial score (nSPS) is 12.3. The summed E-state index contributed by atoms with van der Waals surface area (Å²) < 4.78 is 11.2. The maximum atomic E-state index is 13.2. The number of pyridine rings is 1. The lowest BCUT2D eigenvalue weighted by molar-refractivity contribution is 0.102. The maximum Gasteiger partial charge on any atom is 0.322 e. The molecule has 1 aliphatic heterocycles. The van der Waals surface area contributed by atoms with Gasteiger partial charge in [0.1, 0.15) is 18.9 Å². The quantitative estimate of drug-likeness (QED) is 0.401. The number of carbonyl (C=O) groups excluding carboxylic acids is 2. The second-order valence-electron chi connectivity index (χ2n) is 8.61. The molecule has 0 atom stereocenters. The van der Waals surface area contributed by atoms with Gasteiger partial charge in [0.15, 0.2) is 11.5 Å². The second-order valence-corrected chi connectivity index (χ2v) is 9.36. The van der Waals surface area contributed by atoms with Crippen molar-refractivity contribution in [1.82, 2.24) is 14.8 Å². The van der Waals surface area contributed by atoms with Gasteiger partial charge in [0.05, 0.1) is 11.4 Å². The summed E-state index contributed by atoms with van der Waals surface area (Å²) in [7, 11) is 3.99. The Labute approximate surface area is 214 Å². The van der Waals surface area contributed by atoms with Crippen LogP contribution in [0.4, 0.5) is 21.9 Å². The summed E-state index contributed by atoms with van der Waals surface area (Å²) >= 11 is 1.41. The number of nitrogens with one attached hydrogen (secondary N) is 2. The fourth-order valence-corrected chi connectivity index (χ4v) is 4.29. The molecule has 3 aromatic rings. The zero-order valence-electron chi connectivity index (χ0n) is 20.3. The molecule has 10 nitrogen and oxygen atoms in total. The molecule has 4 rings (SSSR count). The third-order valence-electron chi connectivity index (χ3n) is 5.48.